The quantitative estimate of drug-likeness (QED) is 0.759. The van der Waals surface area contributed by atoms with E-state index in [1.807, 2.05) is 4.90 Å². The summed E-state index contributed by atoms with van der Waals surface area (Å²) in [5.74, 6) is -0.102. The van der Waals surface area contributed by atoms with Crippen molar-refractivity contribution in [3.63, 3.8) is 0 Å². The lowest BCUT2D eigenvalue weighted by atomic mass is 9.94. The highest BCUT2D eigenvalue weighted by Gasteiger charge is 2.51. The molecular formula is C23H31F3N2O2. The van der Waals surface area contributed by atoms with Crippen LogP contribution in [0.2, 0.25) is 0 Å². The minimum Gasteiger partial charge on any atom is -0.376 e. The van der Waals surface area contributed by atoms with Crippen molar-refractivity contribution < 1.29 is 23.1 Å². The number of carbonyl (C=O) groups is 1. The maximum Gasteiger partial charge on any atom is 0.421 e. The molecule has 30 heavy (non-hydrogen) atoms. The Morgan fingerprint density at radius 1 is 0.967 bits per heavy atom. The molecule has 0 spiro atoms. The topological polar surface area (TPSA) is 43.8 Å². The zero-order valence-corrected chi connectivity index (χ0v) is 17.5. The number of aliphatic hydroxyl groups is 1. The number of rotatable bonds is 5. The van der Waals surface area contributed by atoms with Gasteiger partial charge in [-0.3, -0.25) is 4.79 Å². The van der Waals surface area contributed by atoms with Gasteiger partial charge in [0, 0.05) is 36.8 Å². The Kier molecular flexibility index (Phi) is 5.88. The molecule has 166 valence electrons. The van der Waals surface area contributed by atoms with Gasteiger partial charge in [-0.1, -0.05) is 25.0 Å². The number of likely N-dealkylation sites (tertiary alicyclic amines) is 1. The maximum atomic E-state index is 13.2. The Morgan fingerprint density at radius 2 is 1.50 bits per heavy atom. The van der Waals surface area contributed by atoms with Crippen molar-refractivity contribution in [3.05, 3.63) is 35.4 Å². The summed E-state index contributed by atoms with van der Waals surface area (Å²) >= 11 is 0. The molecule has 1 aliphatic heterocycles. The van der Waals surface area contributed by atoms with Crippen LogP contribution in [0.15, 0.2) is 24.3 Å². The van der Waals surface area contributed by atoms with Gasteiger partial charge in [-0.15, -0.1) is 0 Å². The fraction of sp³-hybridized carbons (Fsp3) is 0.696. The molecule has 1 N–H and O–H groups in total. The second-order valence-electron chi connectivity index (χ2n) is 9.30. The molecule has 4 nitrogen and oxygen atoms in total. The minimum atomic E-state index is -4.77. The van der Waals surface area contributed by atoms with Gasteiger partial charge in [0.25, 0.3) is 5.91 Å². The molecule has 1 atom stereocenters. The van der Waals surface area contributed by atoms with Crippen molar-refractivity contribution in [1.82, 2.24) is 9.80 Å². The molecule has 1 aromatic rings. The third-order valence-corrected chi connectivity index (χ3v) is 7.15. The fourth-order valence-electron chi connectivity index (χ4n) is 5.03. The number of carbonyl (C=O) groups excluding carboxylic acids is 1. The molecule has 0 bridgehead atoms. The monoisotopic (exact) mass is 424 g/mol. The van der Waals surface area contributed by atoms with Crippen molar-refractivity contribution in [2.45, 2.75) is 88.2 Å². The Hall–Kier alpha value is -1.60. The molecule has 0 unspecified atom stereocenters. The largest absolute Gasteiger partial charge is 0.421 e. The number of hydrogen-bond acceptors (Lipinski definition) is 3. The van der Waals surface area contributed by atoms with E-state index >= 15 is 0 Å². The van der Waals surface area contributed by atoms with Crippen LogP contribution in [0, 0.1) is 0 Å². The normalized spacial score (nSPS) is 24.0. The van der Waals surface area contributed by atoms with E-state index in [9.17, 15) is 23.1 Å². The summed E-state index contributed by atoms with van der Waals surface area (Å²) in [5, 5.41) is 9.85. The van der Waals surface area contributed by atoms with Gasteiger partial charge < -0.3 is 14.9 Å². The summed E-state index contributed by atoms with van der Waals surface area (Å²) in [7, 11) is 0. The Balaban J connectivity index is 1.44. The Labute approximate surface area is 176 Å². The lowest BCUT2D eigenvalue weighted by molar-refractivity contribution is -0.258. The third-order valence-electron chi connectivity index (χ3n) is 7.15. The van der Waals surface area contributed by atoms with Gasteiger partial charge in [0.1, 0.15) is 0 Å². The van der Waals surface area contributed by atoms with E-state index in [1.165, 1.54) is 49.9 Å². The first-order chi connectivity index (χ1) is 14.2. The second kappa shape index (κ2) is 8.15. The zero-order valence-electron chi connectivity index (χ0n) is 17.5. The first-order valence-electron chi connectivity index (χ1n) is 11.1. The number of hydrogen-bond donors (Lipinski definition) is 1. The molecular weight excluding hydrogens is 393 g/mol. The van der Waals surface area contributed by atoms with Gasteiger partial charge in [0.05, 0.1) is 0 Å². The van der Waals surface area contributed by atoms with Gasteiger partial charge in [-0.05, 0) is 63.1 Å². The Morgan fingerprint density at radius 3 is 2.00 bits per heavy atom. The van der Waals surface area contributed by atoms with E-state index < -0.39 is 11.8 Å². The summed E-state index contributed by atoms with van der Waals surface area (Å²) in [6.07, 6.45) is 4.33. The second-order valence-corrected chi connectivity index (χ2v) is 9.30. The molecule has 2 saturated carbocycles. The lowest BCUT2D eigenvalue weighted by Gasteiger charge is -2.41. The highest BCUT2D eigenvalue weighted by Crippen LogP contribution is 2.39. The number of alkyl halides is 3. The van der Waals surface area contributed by atoms with Crippen molar-refractivity contribution in [2.75, 3.05) is 13.1 Å². The first-order valence-corrected chi connectivity index (χ1v) is 11.1. The first kappa shape index (κ1) is 21.6. The average Bonchev–Trinajstić information content (AvgIpc) is 3.39. The lowest BCUT2D eigenvalue weighted by Crippen LogP contribution is -2.50. The molecule has 3 aliphatic rings. The predicted molar refractivity (Wildman–Crippen MR) is 108 cm³/mol. The Bertz CT molecular complexity index is 745. The zero-order chi connectivity index (χ0) is 21.5. The molecule has 7 heteroatoms. The fourth-order valence-corrected chi connectivity index (χ4v) is 5.03. The van der Waals surface area contributed by atoms with Crippen LogP contribution in [-0.4, -0.2) is 58.2 Å². The molecule has 0 radical (unpaired) electrons. The highest BCUT2D eigenvalue weighted by molar-refractivity contribution is 5.95. The van der Waals surface area contributed by atoms with E-state index in [0.717, 1.165) is 45.7 Å². The van der Waals surface area contributed by atoms with E-state index in [0.29, 0.717) is 11.6 Å². The predicted octanol–water partition coefficient (Wildman–Crippen LogP) is 4.47. The van der Waals surface area contributed by atoms with Crippen molar-refractivity contribution in [1.29, 1.82) is 0 Å². The van der Waals surface area contributed by atoms with Crippen LogP contribution in [0.25, 0.3) is 0 Å². The molecule has 1 heterocycles. The van der Waals surface area contributed by atoms with Gasteiger partial charge in [0.15, 0.2) is 5.60 Å². The number of amides is 1. The smallest absolute Gasteiger partial charge is 0.376 e. The van der Waals surface area contributed by atoms with E-state index in [-0.39, 0.29) is 23.6 Å². The average molecular weight is 425 g/mol. The summed E-state index contributed by atoms with van der Waals surface area (Å²) in [5.41, 5.74) is -2.80. The highest BCUT2D eigenvalue weighted by atomic mass is 19.4. The van der Waals surface area contributed by atoms with Crippen molar-refractivity contribution in [3.8, 4) is 0 Å². The van der Waals surface area contributed by atoms with E-state index in [1.54, 1.807) is 0 Å². The molecule has 1 saturated heterocycles. The molecule has 4 rings (SSSR count). The summed E-state index contributed by atoms with van der Waals surface area (Å²) < 4.78 is 39.2. The van der Waals surface area contributed by atoms with Crippen LogP contribution in [0.4, 0.5) is 13.2 Å². The number of piperidine rings is 1. The minimum absolute atomic E-state index is 0.102. The van der Waals surface area contributed by atoms with Gasteiger partial charge in [-0.2, -0.15) is 13.2 Å². The van der Waals surface area contributed by atoms with Crippen LogP contribution in [0.3, 0.4) is 0 Å². The summed E-state index contributed by atoms with van der Waals surface area (Å²) in [4.78, 5) is 17.8. The van der Waals surface area contributed by atoms with E-state index in [4.69, 9.17) is 0 Å². The van der Waals surface area contributed by atoms with Crippen LogP contribution >= 0.6 is 0 Å². The van der Waals surface area contributed by atoms with E-state index in [2.05, 4.69) is 4.90 Å². The molecule has 1 amide bonds. The van der Waals surface area contributed by atoms with Crippen LogP contribution in [0.1, 0.15) is 74.2 Å². The standard InChI is InChI=1S/C23H31F3N2O2/c1-22(30,23(24,25)26)17-8-6-16(7-9-17)21(29)28(19-10-11-19)20-12-14-27(15-13-20)18-4-2-3-5-18/h6-9,18-20,30H,2-5,10-15H2,1H3/t22-/m0/s1. The maximum absolute atomic E-state index is 13.2. The van der Waals surface area contributed by atoms with Crippen molar-refractivity contribution in [2.24, 2.45) is 0 Å². The number of halogens is 3. The summed E-state index contributed by atoms with van der Waals surface area (Å²) in [6.45, 7) is 2.76. The van der Waals surface area contributed by atoms with Crippen molar-refractivity contribution >= 4 is 5.91 Å². The molecule has 1 aromatic carbocycles. The van der Waals surface area contributed by atoms with Crippen LogP contribution in [-0.2, 0) is 5.60 Å². The molecule has 3 fully saturated rings. The number of benzene rings is 1. The van der Waals surface area contributed by atoms with Gasteiger partial charge in [0.2, 0.25) is 0 Å². The SMILES string of the molecule is C[C@](O)(c1ccc(C(=O)N(C2CC2)C2CCN(C3CCCC3)CC2)cc1)C(F)(F)F. The van der Waals surface area contributed by atoms with Crippen LogP contribution < -0.4 is 0 Å². The third kappa shape index (κ3) is 4.24. The number of nitrogens with zero attached hydrogens (tertiary/aromatic N) is 2. The van der Waals surface area contributed by atoms with Gasteiger partial charge in [-0.25, -0.2) is 0 Å². The van der Waals surface area contributed by atoms with Crippen LogP contribution in [0.5, 0.6) is 0 Å². The molecule has 2 aliphatic carbocycles. The summed E-state index contributed by atoms with van der Waals surface area (Å²) in [6, 6.07) is 6.41. The van der Waals surface area contributed by atoms with Gasteiger partial charge >= 0.3 is 6.18 Å². The molecule has 0 aromatic heterocycles.